The minimum Gasteiger partial charge on any atom is -1.00 e. The zero-order valence-corrected chi connectivity index (χ0v) is 14.9. The Hall–Kier alpha value is -1.85. The third kappa shape index (κ3) is 3.32. The Morgan fingerprint density at radius 1 is 1.04 bits per heavy atom. The van der Waals surface area contributed by atoms with E-state index in [-0.39, 0.29) is 22.5 Å². The van der Waals surface area contributed by atoms with E-state index in [0.29, 0.717) is 12.3 Å². The lowest BCUT2D eigenvalue weighted by molar-refractivity contribution is -0.00000504. The average molecular weight is 388 g/mol. The molecule has 2 N–H and O–H groups in total. The van der Waals surface area contributed by atoms with Gasteiger partial charge in [0, 0.05) is 12.3 Å². The van der Waals surface area contributed by atoms with E-state index in [1.807, 2.05) is 12.1 Å². The molecule has 2 heterocycles. The quantitative estimate of drug-likeness (QED) is 0.674. The van der Waals surface area contributed by atoms with Crippen LogP contribution in [0.1, 0.15) is 35.6 Å². The highest BCUT2D eigenvalue weighted by Gasteiger charge is 2.24. The van der Waals surface area contributed by atoms with Gasteiger partial charge in [-0.15, -0.1) is 0 Å². The van der Waals surface area contributed by atoms with Gasteiger partial charge in [-0.25, -0.2) is 0 Å². The first-order valence-electron chi connectivity index (χ1n) is 8.20. The fourth-order valence-electron chi connectivity index (χ4n) is 3.47. The normalized spacial score (nSPS) is 15.3. The summed E-state index contributed by atoms with van der Waals surface area (Å²) < 4.78 is 5.53. The van der Waals surface area contributed by atoms with Crippen molar-refractivity contribution in [2.45, 2.75) is 25.2 Å². The number of hydrogen-bond donors (Lipinski definition) is 2. The molecule has 3 aromatic rings. The Bertz CT molecular complexity index is 878. The molecule has 0 radical (unpaired) electrons. The van der Waals surface area contributed by atoms with E-state index in [0.717, 1.165) is 42.8 Å². The fourth-order valence-corrected chi connectivity index (χ4v) is 3.47. The van der Waals surface area contributed by atoms with Crippen LogP contribution in [0, 0.1) is 0 Å². The van der Waals surface area contributed by atoms with Gasteiger partial charge < -0.3 is 26.8 Å². The van der Waals surface area contributed by atoms with E-state index in [1.54, 1.807) is 0 Å². The van der Waals surface area contributed by atoms with Crippen LogP contribution in [0.5, 0.6) is 0 Å². The van der Waals surface area contributed by atoms with Crippen LogP contribution in [0.3, 0.4) is 0 Å². The topological polar surface area (TPSA) is 58.0 Å². The molecule has 2 aromatic carbocycles. The largest absolute Gasteiger partial charge is 1.00 e. The Morgan fingerprint density at radius 2 is 1.79 bits per heavy atom. The summed E-state index contributed by atoms with van der Waals surface area (Å²) in [5, 5.41) is 8.31. The standard InChI is InChI=1S/C19H20N2O2.BrH/c22-19-17(18(23-21-19)15-7-9-20-10-8-15)12-13-5-6-14-3-1-2-4-16(14)11-13;/h1-6,11,15,20H,7-10,12H2,(H,21,22);1H/p-1. The molecule has 4 nitrogen and oxygen atoms in total. The number of fused-ring (bicyclic) bond motifs is 1. The SMILES string of the molecule is O=c1[nH]oc(C2CCNCC2)c1Cc1ccc2ccccc2c1.[Br-]. The van der Waals surface area contributed by atoms with Crippen molar-refractivity contribution in [2.24, 2.45) is 0 Å². The molecular weight excluding hydrogens is 368 g/mol. The van der Waals surface area contributed by atoms with E-state index < -0.39 is 0 Å². The Morgan fingerprint density at radius 3 is 2.58 bits per heavy atom. The van der Waals surface area contributed by atoms with Crippen molar-refractivity contribution in [1.82, 2.24) is 10.5 Å². The highest BCUT2D eigenvalue weighted by Crippen LogP contribution is 2.28. The number of H-pyrrole nitrogens is 1. The summed E-state index contributed by atoms with van der Waals surface area (Å²) >= 11 is 0. The molecular formula is C19H20BrN2O2-. The number of rotatable bonds is 3. The third-order valence-electron chi connectivity index (χ3n) is 4.73. The van der Waals surface area contributed by atoms with E-state index >= 15 is 0 Å². The lowest BCUT2D eigenvalue weighted by atomic mass is 9.91. The summed E-state index contributed by atoms with van der Waals surface area (Å²) in [4.78, 5) is 12.2. The molecule has 5 heteroatoms. The molecule has 0 aliphatic carbocycles. The maximum Gasteiger partial charge on any atom is 0.283 e. The van der Waals surface area contributed by atoms with Crippen LogP contribution >= 0.6 is 0 Å². The van der Waals surface area contributed by atoms with E-state index in [4.69, 9.17) is 4.52 Å². The fraction of sp³-hybridized carbons (Fsp3) is 0.316. The zero-order chi connectivity index (χ0) is 15.6. The second-order valence-corrected chi connectivity index (χ2v) is 6.26. The Kier molecular flexibility index (Phi) is 5.21. The molecule has 0 unspecified atom stereocenters. The van der Waals surface area contributed by atoms with Gasteiger partial charge in [-0.05, 0) is 42.3 Å². The van der Waals surface area contributed by atoms with Gasteiger partial charge in [0.05, 0.1) is 5.56 Å². The molecule has 1 saturated heterocycles. The Labute approximate surface area is 151 Å². The third-order valence-corrected chi connectivity index (χ3v) is 4.73. The number of piperidine rings is 1. The van der Waals surface area contributed by atoms with Crippen molar-refractivity contribution in [3.8, 4) is 0 Å². The van der Waals surface area contributed by atoms with Gasteiger partial charge in [-0.1, -0.05) is 42.5 Å². The van der Waals surface area contributed by atoms with Gasteiger partial charge >= 0.3 is 0 Å². The number of benzene rings is 2. The average Bonchev–Trinajstić information content (AvgIpc) is 2.96. The van der Waals surface area contributed by atoms with E-state index in [2.05, 4.69) is 40.8 Å². The summed E-state index contributed by atoms with van der Waals surface area (Å²) in [6.07, 6.45) is 2.66. The molecule has 0 bridgehead atoms. The van der Waals surface area contributed by atoms with Gasteiger partial charge in [0.15, 0.2) is 0 Å². The monoisotopic (exact) mass is 387 g/mol. The number of aromatic amines is 1. The highest BCUT2D eigenvalue weighted by molar-refractivity contribution is 5.83. The highest BCUT2D eigenvalue weighted by atomic mass is 79.9. The van der Waals surface area contributed by atoms with Crippen molar-refractivity contribution in [1.29, 1.82) is 0 Å². The number of hydrogen-bond acceptors (Lipinski definition) is 3. The molecule has 126 valence electrons. The van der Waals surface area contributed by atoms with Crippen LogP contribution < -0.4 is 27.9 Å². The van der Waals surface area contributed by atoms with Gasteiger partial charge in [0.2, 0.25) is 0 Å². The van der Waals surface area contributed by atoms with Crippen molar-refractivity contribution in [3.63, 3.8) is 0 Å². The molecule has 1 aliphatic heterocycles. The summed E-state index contributed by atoms with van der Waals surface area (Å²) in [6.45, 7) is 1.96. The van der Waals surface area contributed by atoms with Crippen LogP contribution in [0.2, 0.25) is 0 Å². The number of nitrogens with one attached hydrogen (secondary N) is 2. The summed E-state index contributed by atoms with van der Waals surface area (Å²) in [5.41, 5.74) is 1.84. The smallest absolute Gasteiger partial charge is 0.283 e. The molecule has 1 aliphatic rings. The van der Waals surface area contributed by atoms with Gasteiger partial charge in [0.1, 0.15) is 5.76 Å². The summed E-state index contributed by atoms with van der Waals surface area (Å²) in [5.74, 6) is 1.19. The predicted molar refractivity (Wildman–Crippen MR) is 90.9 cm³/mol. The first kappa shape index (κ1) is 17.0. The number of aromatic nitrogens is 1. The van der Waals surface area contributed by atoms with Crippen molar-refractivity contribution in [3.05, 3.63) is 69.7 Å². The van der Waals surface area contributed by atoms with Crippen molar-refractivity contribution >= 4 is 10.8 Å². The molecule has 24 heavy (non-hydrogen) atoms. The van der Waals surface area contributed by atoms with Gasteiger partial charge in [0.25, 0.3) is 5.56 Å². The van der Waals surface area contributed by atoms with E-state index in [9.17, 15) is 4.79 Å². The summed E-state index contributed by atoms with van der Waals surface area (Å²) in [7, 11) is 0. The van der Waals surface area contributed by atoms with Crippen LogP contribution in [-0.4, -0.2) is 18.2 Å². The minimum atomic E-state index is -0.0910. The molecule has 0 amide bonds. The lowest BCUT2D eigenvalue weighted by Gasteiger charge is -2.21. The van der Waals surface area contributed by atoms with Crippen molar-refractivity contribution < 1.29 is 21.5 Å². The second-order valence-electron chi connectivity index (χ2n) is 6.26. The second kappa shape index (κ2) is 7.36. The van der Waals surface area contributed by atoms with Gasteiger partial charge in [-0.2, -0.15) is 5.16 Å². The number of halogens is 1. The predicted octanol–water partition coefficient (Wildman–Crippen LogP) is 0.183. The molecule has 1 aromatic heterocycles. The van der Waals surface area contributed by atoms with Gasteiger partial charge in [-0.3, -0.25) is 4.79 Å². The molecule has 0 atom stereocenters. The Balaban J connectivity index is 0.00000169. The molecule has 0 saturated carbocycles. The van der Waals surface area contributed by atoms with Crippen LogP contribution in [-0.2, 0) is 6.42 Å². The van der Waals surface area contributed by atoms with Crippen LogP contribution in [0.25, 0.3) is 10.8 Å². The van der Waals surface area contributed by atoms with Crippen molar-refractivity contribution in [2.75, 3.05) is 13.1 Å². The first-order chi connectivity index (χ1) is 11.3. The maximum atomic E-state index is 12.2. The molecule has 0 spiro atoms. The lowest BCUT2D eigenvalue weighted by Crippen LogP contribution is -3.00. The van der Waals surface area contributed by atoms with Crippen LogP contribution in [0.15, 0.2) is 51.8 Å². The molecule has 4 rings (SSSR count). The zero-order valence-electron chi connectivity index (χ0n) is 13.3. The van der Waals surface area contributed by atoms with Crippen LogP contribution in [0.4, 0.5) is 0 Å². The molecule has 1 fully saturated rings. The maximum absolute atomic E-state index is 12.2. The minimum absolute atomic E-state index is 0. The first-order valence-corrected chi connectivity index (χ1v) is 8.20. The van der Waals surface area contributed by atoms with E-state index in [1.165, 1.54) is 10.8 Å². The summed E-state index contributed by atoms with van der Waals surface area (Å²) in [6, 6.07) is 14.7.